The zero-order valence-electron chi connectivity index (χ0n) is 13.7. The molecule has 1 aliphatic rings. The Bertz CT molecular complexity index is 654. The van der Waals surface area contributed by atoms with Gasteiger partial charge in [0.1, 0.15) is 5.82 Å². The van der Waals surface area contributed by atoms with Crippen LogP contribution in [-0.4, -0.2) is 53.9 Å². The Balaban J connectivity index is 1.43. The van der Waals surface area contributed by atoms with Gasteiger partial charge in [0.2, 0.25) is 5.91 Å². The van der Waals surface area contributed by atoms with Gasteiger partial charge in [-0.25, -0.2) is 4.68 Å². The number of aryl methyl sites for hydroxylation is 3. The monoisotopic (exact) mass is 317 g/mol. The molecule has 2 aromatic heterocycles. The maximum Gasteiger partial charge on any atom is 0.224 e. The van der Waals surface area contributed by atoms with Crippen LogP contribution >= 0.6 is 0 Å². The molecular weight excluding hydrogens is 294 g/mol. The lowest BCUT2D eigenvalue weighted by atomic mass is 9.96. The Hall–Kier alpha value is -2.25. The van der Waals surface area contributed by atoms with E-state index < -0.39 is 0 Å². The summed E-state index contributed by atoms with van der Waals surface area (Å²) in [6.45, 7) is 7.05. The zero-order valence-corrected chi connectivity index (χ0v) is 13.7. The lowest BCUT2D eigenvalue weighted by molar-refractivity contribution is -0.132. The van der Waals surface area contributed by atoms with Gasteiger partial charge in [0.05, 0.1) is 12.7 Å². The molecule has 0 spiro atoms. The highest BCUT2D eigenvalue weighted by molar-refractivity contribution is 5.76. The first-order valence-electron chi connectivity index (χ1n) is 8.11. The molecule has 1 aliphatic heterocycles. The van der Waals surface area contributed by atoms with Crippen molar-refractivity contribution in [1.29, 1.82) is 0 Å². The Morgan fingerprint density at radius 3 is 2.70 bits per heavy atom. The number of piperidine rings is 1. The van der Waals surface area contributed by atoms with E-state index in [1.807, 2.05) is 22.7 Å². The number of rotatable bonds is 5. The van der Waals surface area contributed by atoms with Crippen molar-refractivity contribution in [3.05, 3.63) is 23.8 Å². The Morgan fingerprint density at radius 2 is 2.09 bits per heavy atom. The van der Waals surface area contributed by atoms with Crippen molar-refractivity contribution < 1.29 is 4.79 Å². The number of tetrazole rings is 1. The molecule has 0 atom stereocenters. The number of hydrogen-bond acceptors (Lipinski definition) is 5. The number of carbonyl (C=O) groups excluding carboxylic acids is 1. The standard InChI is InChI=1S/C15H23N7O/c1-12-9-16-21(10-12)11-14-3-6-20(7-4-14)15(23)5-8-22-13(2)17-18-19-22/h9-10,14H,3-8,11H2,1-2H3. The second-order valence-electron chi connectivity index (χ2n) is 6.26. The van der Waals surface area contributed by atoms with Gasteiger partial charge in [-0.3, -0.25) is 9.48 Å². The first-order valence-corrected chi connectivity index (χ1v) is 8.11. The second kappa shape index (κ2) is 6.89. The molecular formula is C15H23N7O. The molecule has 1 saturated heterocycles. The van der Waals surface area contributed by atoms with Crippen LogP contribution in [0.4, 0.5) is 0 Å². The third-order valence-corrected chi connectivity index (χ3v) is 4.42. The molecule has 0 aromatic carbocycles. The molecule has 0 aliphatic carbocycles. The maximum atomic E-state index is 12.3. The molecule has 23 heavy (non-hydrogen) atoms. The largest absolute Gasteiger partial charge is 0.343 e. The van der Waals surface area contributed by atoms with Gasteiger partial charge in [0.25, 0.3) is 0 Å². The van der Waals surface area contributed by atoms with E-state index in [1.165, 1.54) is 5.56 Å². The summed E-state index contributed by atoms with van der Waals surface area (Å²) in [7, 11) is 0. The molecule has 8 nitrogen and oxygen atoms in total. The number of nitrogens with zero attached hydrogens (tertiary/aromatic N) is 7. The van der Waals surface area contributed by atoms with Gasteiger partial charge in [-0.2, -0.15) is 5.10 Å². The zero-order chi connectivity index (χ0) is 16.2. The molecule has 0 unspecified atom stereocenters. The maximum absolute atomic E-state index is 12.3. The fourth-order valence-electron chi connectivity index (χ4n) is 3.01. The van der Waals surface area contributed by atoms with E-state index in [2.05, 4.69) is 33.7 Å². The highest BCUT2D eigenvalue weighted by Gasteiger charge is 2.23. The van der Waals surface area contributed by atoms with Crippen molar-refractivity contribution in [1.82, 2.24) is 34.9 Å². The predicted molar refractivity (Wildman–Crippen MR) is 83.4 cm³/mol. The van der Waals surface area contributed by atoms with Crippen LogP contribution in [0.1, 0.15) is 30.7 Å². The topological polar surface area (TPSA) is 81.7 Å². The molecule has 0 bridgehead atoms. The van der Waals surface area contributed by atoms with Crippen LogP contribution in [0.3, 0.4) is 0 Å². The van der Waals surface area contributed by atoms with E-state index in [0.29, 0.717) is 18.9 Å². The number of amides is 1. The van der Waals surface area contributed by atoms with Crippen LogP contribution in [-0.2, 0) is 17.9 Å². The summed E-state index contributed by atoms with van der Waals surface area (Å²) in [4.78, 5) is 14.3. The summed E-state index contributed by atoms with van der Waals surface area (Å²) >= 11 is 0. The van der Waals surface area contributed by atoms with E-state index in [1.54, 1.807) is 4.68 Å². The Labute approximate surface area is 135 Å². The third kappa shape index (κ3) is 3.94. The highest BCUT2D eigenvalue weighted by atomic mass is 16.2. The normalized spacial score (nSPS) is 16.0. The van der Waals surface area contributed by atoms with Crippen molar-refractivity contribution in [2.45, 2.75) is 46.2 Å². The van der Waals surface area contributed by atoms with Crippen molar-refractivity contribution >= 4 is 5.91 Å². The quantitative estimate of drug-likeness (QED) is 0.815. The summed E-state index contributed by atoms with van der Waals surface area (Å²) < 4.78 is 3.68. The average molecular weight is 317 g/mol. The average Bonchev–Trinajstić information content (AvgIpc) is 3.14. The van der Waals surface area contributed by atoms with Crippen LogP contribution in [0.2, 0.25) is 0 Å². The van der Waals surface area contributed by atoms with Gasteiger partial charge in [-0.05, 0) is 48.6 Å². The molecule has 8 heteroatoms. The summed E-state index contributed by atoms with van der Waals surface area (Å²) in [5.74, 6) is 1.53. The second-order valence-corrected chi connectivity index (χ2v) is 6.26. The van der Waals surface area contributed by atoms with E-state index >= 15 is 0 Å². The smallest absolute Gasteiger partial charge is 0.224 e. The number of likely N-dealkylation sites (tertiary alicyclic amines) is 1. The van der Waals surface area contributed by atoms with Crippen LogP contribution in [0, 0.1) is 19.8 Å². The summed E-state index contributed by atoms with van der Waals surface area (Å²) in [5.41, 5.74) is 1.19. The lowest BCUT2D eigenvalue weighted by Gasteiger charge is -2.32. The van der Waals surface area contributed by atoms with E-state index in [0.717, 1.165) is 38.3 Å². The molecule has 124 valence electrons. The summed E-state index contributed by atoms with van der Waals surface area (Å²) in [6.07, 6.45) is 6.49. The molecule has 1 fully saturated rings. The summed E-state index contributed by atoms with van der Waals surface area (Å²) in [6, 6.07) is 0. The molecule has 0 saturated carbocycles. The van der Waals surface area contributed by atoms with Gasteiger partial charge < -0.3 is 4.90 Å². The van der Waals surface area contributed by atoms with Crippen molar-refractivity contribution in [3.63, 3.8) is 0 Å². The van der Waals surface area contributed by atoms with E-state index in [4.69, 9.17) is 0 Å². The number of aromatic nitrogens is 6. The minimum Gasteiger partial charge on any atom is -0.343 e. The van der Waals surface area contributed by atoms with Gasteiger partial charge in [0.15, 0.2) is 0 Å². The third-order valence-electron chi connectivity index (χ3n) is 4.42. The first kappa shape index (κ1) is 15.6. The SMILES string of the molecule is Cc1cnn(CC2CCN(C(=O)CCn3nnnc3C)CC2)c1. The van der Waals surface area contributed by atoms with Crippen molar-refractivity contribution in [2.24, 2.45) is 5.92 Å². The molecule has 1 amide bonds. The van der Waals surface area contributed by atoms with Crippen LogP contribution in [0.25, 0.3) is 0 Å². The van der Waals surface area contributed by atoms with Crippen LogP contribution in [0.15, 0.2) is 12.4 Å². The van der Waals surface area contributed by atoms with E-state index in [9.17, 15) is 4.79 Å². The predicted octanol–water partition coefficient (Wildman–Crippen LogP) is 0.815. The van der Waals surface area contributed by atoms with Gasteiger partial charge in [0, 0.05) is 32.3 Å². The first-order chi connectivity index (χ1) is 11.1. The lowest BCUT2D eigenvalue weighted by Crippen LogP contribution is -2.39. The van der Waals surface area contributed by atoms with E-state index in [-0.39, 0.29) is 5.91 Å². The molecule has 0 N–H and O–H groups in total. The van der Waals surface area contributed by atoms with Crippen LogP contribution in [0.5, 0.6) is 0 Å². The fraction of sp³-hybridized carbons (Fsp3) is 0.667. The summed E-state index contributed by atoms with van der Waals surface area (Å²) in [5, 5.41) is 15.6. The Morgan fingerprint density at radius 1 is 1.30 bits per heavy atom. The van der Waals surface area contributed by atoms with Gasteiger partial charge in [-0.15, -0.1) is 5.10 Å². The molecule has 3 heterocycles. The molecule has 2 aromatic rings. The number of hydrogen-bond donors (Lipinski definition) is 0. The highest BCUT2D eigenvalue weighted by Crippen LogP contribution is 2.19. The van der Waals surface area contributed by atoms with Crippen molar-refractivity contribution in [2.75, 3.05) is 13.1 Å². The molecule has 0 radical (unpaired) electrons. The fourth-order valence-corrected chi connectivity index (χ4v) is 3.01. The number of carbonyl (C=O) groups is 1. The van der Waals surface area contributed by atoms with Crippen molar-refractivity contribution in [3.8, 4) is 0 Å². The van der Waals surface area contributed by atoms with Gasteiger partial charge in [-0.1, -0.05) is 0 Å². The van der Waals surface area contributed by atoms with Crippen LogP contribution < -0.4 is 0 Å². The minimum atomic E-state index is 0.188. The Kier molecular flexibility index (Phi) is 4.68. The van der Waals surface area contributed by atoms with Gasteiger partial charge >= 0.3 is 0 Å². The minimum absolute atomic E-state index is 0.188. The molecule has 3 rings (SSSR count).